The van der Waals surface area contributed by atoms with Crippen molar-refractivity contribution in [2.24, 2.45) is 0 Å². The molecule has 3 heterocycles. The molecule has 1 atom stereocenters. The summed E-state index contributed by atoms with van der Waals surface area (Å²) in [5.74, 6) is 0.262. The van der Waals surface area contributed by atoms with Gasteiger partial charge in [0.05, 0.1) is 24.4 Å². The van der Waals surface area contributed by atoms with Crippen LogP contribution in [-0.2, 0) is 16.1 Å². The Balaban J connectivity index is 1.56. The molecule has 1 unspecified atom stereocenters. The summed E-state index contributed by atoms with van der Waals surface area (Å²) in [7, 11) is 2.18. The SMILES string of the molecule is CN(Cc1ccccn1)C1CCCN(C(=O)C(C)(C)N2CCOCC2)CC1. The molecule has 0 aliphatic carbocycles. The first-order valence-electron chi connectivity index (χ1n) is 10.2. The summed E-state index contributed by atoms with van der Waals surface area (Å²) in [5, 5.41) is 0. The van der Waals surface area contributed by atoms with Gasteiger partial charge in [-0.15, -0.1) is 0 Å². The number of amides is 1. The van der Waals surface area contributed by atoms with Gasteiger partial charge in [0.2, 0.25) is 5.91 Å². The molecule has 0 bridgehead atoms. The highest BCUT2D eigenvalue weighted by atomic mass is 16.5. The van der Waals surface area contributed by atoms with E-state index in [2.05, 4.69) is 46.6 Å². The first kappa shape index (κ1) is 20.2. The number of pyridine rings is 1. The number of morpholine rings is 1. The maximum atomic E-state index is 13.3. The lowest BCUT2D eigenvalue weighted by Crippen LogP contribution is -2.59. The highest BCUT2D eigenvalue weighted by Gasteiger charge is 2.39. The predicted molar refractivity (Wildman–Crippen MR) is 106 cm³/mol. The number of rotatable bonds is 5. The zero-order valence-corrected chi connectivity index (χ0v) is 17.1. The van der Waals surface area contributed by atoms with Crippen molar-refractivity contribution < 1.29 is 9.53 Å². The van der Waals surface area contributed by atoms with Crippen molar-refractivity contribution in [1.29, 1.82) is 0 Å². The lowest BCUT2D eigenvalue weighted by molar-refractivity contribution is -0.145. The maximum Gasteiger partial charge on any atom is 0.242 e. The average molecular weight is 375 g/mol. The lowest BCUT2D eigenvalue weighted by Gasteiger charge is -2.42. The van der Waals surface area contributed by atoms with Crippen molar-refractivity contribution in [3.05, 3.63) is 30.1 Å². The van der Waals surface area contributed by atoms with Crippen molar-refractivity contribution in [1.82, 2.24) is 19.7 Å². The van der Waals surface area contributed by atoms with E-state index in [4.69, 9.17) is 4.74 Å². The van der Waals surface area contributed by atoms with Crippen LogP contribution in [-0.4, -0.2) is 83.6 Å². The minimum Gasteiger partial charge on any atom is -0.379 e. The van der Waals surface area contributed by atoms with E-state index in [1.807, 2.05) is 18.3 Å². The molecule has 2 aliphatic heterocycles. The summed E-state index contributed by atoms with van der Waals surface area (Å²) >= 11 is 0. The Morgan fingerprint density at radius 2 is 2.00 bits per heavy atom. The van der Waals surface area contributed by atoms with Crippen LogP contribution in [0, 0.1) is 0 Å². The molecule has 6 heteroatoms. The Labute approximate surface area is 163 Å². The molecule has 0 saturated carbocycles. The minimum absolute atomic E-state index is 0.262. The van der Waals surface area contributed by atoms with Gasteiger partial charge in [0.1, 0.15) is 0 Å². The highest BCUT2D eigenvalue weighted by Crippen LogP contribution is 2.23. The normalized spacial score (nSPS) is 22.7. The van der Waals surface area contributed by atoms with Crippen molar-refractivity contribution in [2.45, 2.75) is 51.2 Å². The second-order valence-corrected chi connectivity index (χ2v) is 8.27. The fraction of sp³-hybridized carbons (Fsp3) is 0.714. The zero-order chi connectivity index (χ0) is 19.3. The summed E-state index contributed by atoms with van der Waals surface area (Å²) in [6.07, 6.45) is 5.06. The van der Waals surface area contributed by atoms with E-state index in [-0.39, 0.29) is 5.91 Å². The van der Waals surface area contributed by atoms with E-state index >= 15 is 0 Å². The summed E-state index contributed by atoms with van der Waals surface area (Å²) in [4.78, 5) is 24.5. The Morgan fingerprint density at radius 3 is 2.70 bits per heavy atom. The van der Waals surface area contributed by atoms with Gasteiger partial charge in [-0.25, -0.2) is 0 Å². The van der Waals surface area contributed by atoms with Crippen LogP contribution in [0.2, 0.25) is 0 Å². The van der Waals surface area contributed by atoms with Crippen molar-refractivity contribution in [3.8, 4) is 0 Å². The molecule has 27 heavy (non-hydrogen) atoms. The second-order valence-electron chi connectivity index (χ2n) is 8.27. The molecule has 2 saturated heterocycles. The number of carbonyl (C=O) groups excluding carboxylic acids is 1. The fourth-order valence-corrected chi connectivity index (χ4v) is 4.24. The van der Waals surface area contributed by atoms with Crippen LogP contribution in [0.3, 0.4) is 0 Å². The topological polar surface area (TPSA) is 48.9 Å². The quantitative estimate of drug-likeness (QED) is 0.789. The first-order chi connectivity index (χ1) is 13.0. The van der Waals surface area contributed by atoms with Gasteiger partial charge in [-0.2, -0.15) is 0 Å². The number of hydrogen-bond acceptors (Lipinski definition) is 5. The Morgan fingerprint density at radius 1 is 1.22 bits per heavy atom. The number of nitrogens with zero attached hydrogens (tertiary/aromatic N) is 4. The molecule has 2 fully saturated rings. The predicted octanol–water partition coefficient (Wildman–Crippen LogP) is 2.01. The summed E-state index contributed by atoms with van der Waals surface area (Å²) in [5.41, 5.74) is 0.648. The highest BCUT2D eigenvalue weighted by molar-refractivity contribution is 5.85. The maximum absolute atomic E-state index is 13.3. The van der Waals surface area contributed by atoms with Gasteiger partial charge in [-0.1, -0.05) is 6.07 Å². The molecule has 0 radical (unpaired) electrons. The van der Waals surface area contributed by atoms with Crippen molar-refractivity contribution >= 4 is 5.91 Å². The van der Waals surface area contributed by atoms with E-state index in [9.17, 15) is 4.79 Å². The Bertz CT molecular complexity index is 601. The van der Waals surface area contributed by atoms with Gasteiger partial charge in [-0.05, 0) is 52.3 Å². The summed E-state index contributed by atoms with van der Waals surface area (Å²) in [6, 6.07) is 6.57. The number of aromatic nitrogens is 1. The Kier molecular flexibility index (Phi) is 6.84. The number of carbonyl (C=O) groups is 1. The molecular weight excluding hydrogens is 340 g/mol. The standard InChI is InChI=1S/C21H34N4O2/c1-21(2,25-13-15-27-16-14-25)20(26)24-11-6-8-19(9-12-24)23(3)17-18-7-4-5-10-22-18/h4-5,7,10,19H,6,8-9,11-17H2,1-3H3. The largest absolute Gasteiger partial charge is 0.379 e. The van der Waals surface area contributed by atoms with E-state index in [1.165, 1.54) is 0 Å². The van der Waals surface area contributed by atoms with Crippen LogP contribution >= 0.6 is 0 Å². The molecule has 0 spiro atoms. The summed E-state index contributed by atoms with van der Waals surface area (Å²) < 4.78 is 5.45. The van der Waals surface area contributed by atoms with Crippen molar-refractivity contribution in [3.63, 3.8) is 0 Å². The van der Waals surface area contributed by atoms with Crippen LogP contribution in [0.25, 0.3) is 0 Å². The smallest absolute Gasteiger partial charge is 0.242 e. The molecule has 1 amide bonds. The molecule has 1 aromatic rings. The monoisotopic (exact) mass is 374 g/mol. The third-order valence-electron chi connectivity index (χ3n) is 6.07. The minimum atomic E-state index is -0.455. The van der Waals surface area contributed by atoms with Crippen LogP contribution < -0.4 is 0 Å². The third kappa shape index (κ3) is 5.06. The van der Waals surface area contributed by atoms with E-state index in [0.717, 1.165) is 70.9 Å². The molecule has 1 aromatic heterocycles. The molecule has 150 valence electrons. The van der Waals surface area contributed by atoms with Crippen LogP contribution in [0.4, 0.5) is 0 Å². The second kappa shape index (κ2) is 9.13. The van der Waals surface area contributed by atoms with Gasteiger partial charge < -0.3 is 9.64 Å². The number of ether oxygens (including phenoxy) is 1. The fourth-order valence-electron chi connectivity index (χ4n) is 4.24. The van der Waals surface area contributed by atoms with Crippen LogP contribution in [0.5, 0.6) is 0 Å². The van der Waals surface area contributed by atoms with Gasteiger partial charge in [0, 0.05) is 45.0 Å². The van der Waals surface area contributed by atoms with Crippen LogP contribution in [0.15, 0.2) is 24.4 Å². The summed E-state index contributed by atoms with van der Waals surface area (Å²) in [6.45, 7) is 9.80. The molecule has 0 aromatic carbocycles. The van der Waals surface area contributed by atoms with Gasteiger partial charge in [-0.3, -0.25) is 19.6 Å². The van der Waals surface area contributed by atoms with Crippen molar-refractivity contribution in [2.75, 3.05) is 46.4 Å². The number of likely N-dealkylation sites (tertiary alicyclic amines) is 1. The van der Waals surface area contributed by atoms with Crippen LogP contribution in [0.1, 0.15) is 38.8 Å². The van der Waals surface area contributed by atoms with E-state index in [1.54, 1.807) is 0 Å². The first-order valence-corrected chi connectivity index (χ1v) is 10.2. The molecule has 0 N–H and O–H groups in total. The third-order valence-corrected chi connectivity index (χ3v) is 6.07. The van der Waals surface area contributed by atoms with Gasteiger partial charge in [0.15, 0.2) is 0 Å². The van der Waals surface area contributed by atoms with Gasteiger partial charge in [0.25, 0.3) is 0 Å². The average Bonchev–Trinajstić information content (AvgIpc) is 2.95. The molecular formula is C21H34N4O2. The van der Waals surface area contributed by atoms with Gasteiger partial charge >= 0.3 is 0 Å². The van der Waals surface area contributed by atoms with E-state index in [0.29, 0.717) is 6.04 Å². The van der Waals surface area contributed by atoms with E-state index < -0.39 is 5.54 Å². The lowest BCUT2D eigenvalue weighted by atomic mass is 9.99. The molecule has 3 rings (SSSR count). The number of hydrogen-bond donors (Lipinski definition) is 0. The zero-order valence-electron chi connectivity index (χ0n) is 17.1. The molecule has 6 nitrogen and oxygen atoms in total. The molecule has 2 aliphatic rings. The Hall–Kier alpha value is -1.50.